The smallest absolute Gasteiger partial charge is 0.244 e. The normalized spacial score (nSPS) is 17.2. The van der Waals surface area contributed by atoms with Crippen molar-refractivity contribution in [1.29, 1.82) is 0 Å². The molecule has 29 heavy (non-hydrogen) atoms. The standard InChI is InChI=1S/C21H28N4O3S/c1-24(2)16-20(17-7-4-3-5-8-17)23-21(26)18-10-13-25(14-11-18)29(27,28)19-9-6-12-22-15-19/h3-9,12,15,18,20H,10-11,13-14,16H2,1-2H3,(H,23,26). The summed E-state index contributed by atoms with van der Waals surface area (Å²) >= 11 is 0. The maximum absolute atomic E-state index is 12.9. The van der Waals surface area contributed by atoms with E-state index in [1.807, 2.05) is 49.3 Å². The van der Waals surface area contributed by atoms with Gasteiger partial charge in [0.15, 0.2) is 0 Å². The van der Waals surface area contributed by atoms with Gasteiger partial charge in [0.1, 0.15) is 4.90 Å². The van der Waals surface area contributed by atoms with Crippen LogP contribution < -0.4 is 5.32 Å². The Balaban J connectivity index is 1.62. The zero-order valence-electron chi connectivity index (χ0n) is 16.9. The average molecular weight is 417 g/mol. The largest absolute Gasteiger partial charge is 0.348 e. The number of hydrogen-bond acceptors (Lipinski definition) is 5. The van der Waals surface area contributed by atoms with Crippen molar-refractivity contribution >= 4 is 15.9 Å². The molecule has 1 saturated heterocycles. The molecule has 1 atom stereocenters. The number of carbonyl (C=O) groups is 1. The number of rotatable bonds is 7. The van der Waals surface area contributed by atoms with Gasteiger partial charge in [0, 0.05) is 37.9 Å². The van der Waals surface area contributed by atoms with Crippen molar-refractivity contribution < 1.29 is 13.2 Å². The van der Waals surface area contributed by atoms with Crippen LogP contribution in [0.2, 0.25) is 0 Å². The van der Waals surface area contributed by atoms with Gasteiger partial charge in [-0.1, -0.05) is 30.3 Å². The molecule has 1 amide bonds. The number of aromatic nitrogens is 1. The molecule has 0 radical (unpaired) electrons. The van der Waals surface area contributed by atoms with Gasteiger partial charge in [0.25, 0.3) is 0 Å². The Morgan fingerprint density at radius 2 is 1.86 bits per heavy atom. The van der Waals surface area contributed by atoms with Crippen LogP contribution in [0.4, 0.5) is 0 Å². The Morgan fingerprint density at radius 1 is 1.17 bits per heavy atom. The van der Waals surface area contributed by atoms with Crippen LogP contribution in [0.1, 0.15) is 24.4 Å². The molecule has 8 heteroatoms. The van der Waals surface area contributed by atoms with Crippen molar-refractivity contribution in [2.75, 3.05) is 33.7 Å². The van der Waals surface area contributed by atoms with E-state index in [4.69, 9.17) is 0 Å². The number of pyridine rings is 1. The topological polar surface area (TPSA) is 82.6 Å². The third kappa shape index (κ3) is 5.41. The van der Waals surface area contributed by atoms with Gasteiger partial charge in [-0.25, -0.2) is 8.42 Å². The summed E-state index contributed by atoms with van der Waals surface area (Å²) in [4.78, 5) is 19.0. The molecular weight excluding hydrogens is 388 g/mol. The Bertz CT molecular complexity index is 896. The molecule has 0 saturated carbocycles. The maximum atomic E-state index is 12.9. The lowest BCUT2D eigenvalue weighted by atomic mass is 9.96. The molecule has 0 bridgehead atoms. The van der Waals surface area contributed by atoms with Crippen molar-refractivity contribution in [3.63, 3.8) is 0 Å². The van der Waals surface area contributed by atoms with Crippen molar-refractivity contribution in [2.24, 2.45) is 5.92 Å². The molecule has 0 spiro atoms. The first kappa shape index (κ1) is 21.4. The van der Waals surface area contributed by atoms with E-state index in [1.165, 1.54) is 10.5 Å². The highest BCUT2D eigenvalue weighted by Gasteiger charge is 2.33. The Morgan fingerprint density at radius 3 is 2.45 bits per heavy atom. The SMILES string of the molecule is CN(C)CC(NC(=O)C1CCN(S(=O)(=O)c2cccnc2)CC1)c1ccccc1. The summed E-state index contributed by atoms with van der Waals surface area (Å²) in [5.41, 5.74) is 1.06. The summed E-state index contributed by atoms with van der Waals surface area (Å²) < 4.78 is 26.9. The molecule has 1 aromatic carbocycles. The number of sulfonamides is 1. The second kappa shape index (κ2) is 9.47. The van der Waals surface area contributed by atoms with E-state index in [-0.39, 0.29) is 22.8 Å². The number of likely N-dealkylation sites (N-methyl/N-ethyl adjacent to an activating group) is 1. The van der Waals surface area contributed by atoms with Crippen molar-refractivity contribution in [2.45, 2.75) is 23.8 Å². The van der Waals surface area contributed by atoms with Crippen LogP contribution >= 0.6 is 0 Å². The number of nitrogens with zero attached hydrogens (tertiary/aromatic N) is 3. The summed E-state index contributed by atoms with van der Waals surface area (Å²) in [5.74, 6) is -0.206. The lowest BCUT2D eigenvalue weighted by Crippen LogP contribution is -2.44. The molecule has 2 aromatic rings. The molecule has 1 unspecified atom stereocenters. The molecule has 1 aliphatic heterocycles. The fraction of sp³-hybridized carbons (Fsp3) is 0.429. The first-order chi connectivity index (χ1) is 13.9. The lowest BCUT2D eigenvalue weighted by molar-refractivity contribution is -0.127. The van der Waals surface area contributed by atoms with Crippen molar-refractivity contribution in [3.05, 3.63) is 60.4 Å². The first-order valence-corrected chi connectivity index (χ1v) is 11.2. The van der Waals surface area contributed by atoms with Crippen LogP contribution in [0.3, 0.4) is 0 Å². The molecule has 7 nitrogen and oxygen atoms in total. The summed E-state index contributed by atoms with van der Waals surface area (Å²) in [6, 6.07) is 13.0. The lowest BCUT2D eigenvalue weighted by Gasteiger charge is -2.32. The van der Waals surface area contributed by atoms with Crippen LogP contribution in [0.5, 0.6) is 0 Å². The minimum atomic E-state index is -3.56. The summed E-state index contributed by atoms with van der Waals surface area (Å²) in [6.45, 7) is 1.36. The number of piperidine rings is 1. The highest BCUT2D eigenvalue weighted by Crippen LogP contribution is 2.24. The van der Waals surface area contributed by atoms with E-state index in [2.05, 4.69) is 10.3 Å². The highest BCUT2D eigenvalue weighted by molar-refractivity contribution is 7.89. The van der Waals surface area contributed by atoms with Crippen LogP contribution in [-0.4, -0.2) is 62.2 Å². The van der Waals surface area contributed by atoms with Crippen LogP contribution in [0, 0.1) is 5.92 Å². The molecule has 2 heterocycles. The van der Waals surface area contributed by atoms with E-state index >= 15 is 0 Å². The zero-order chi connectivity index (χ0) is 20.9. The van der Waals surface area contributed by atoms with Gasteiger partial charge in [-0.3, -0.25) is 9.78 Å². The molecule has 1 aliphatic rings. The van der Waals surface area contributed by atoms with Gasteiger partial charge in [0.05, 0.1) is 6.04 Å². The summed E-state index contributed by atoms with van der Waals surface area (Å²) in [5, 5.41) is 3.16. The highest BCUT2D eigenvalue weighted by atomic mass is 32.2. The number of benzene rings is 1. The Labute approximate surface area is 172 Å². The Hall–Kier alpha value is -2.29. The molecule has 1 aromatic heterocycles. The second-order valence-electron chi connectivity index (χ2n) is 7.60. The van der Waals surface area contributed by atoms with Crippen molar-refractivity contribution in [1.82, 2.24) is 19.5 Å². The van der Waals surface area contributed by atoms with E-state index in [0.717, 1.165) is 5.56 Å². The second-order valence-corrected chi connectivity index (χ2v) is 9.54. The fourth-order valence-electron chi connectivity index (χ4n) is 3.58. The molecule has 1 N–H and O–H groups in total. The molecular formula is C21H28N4O3S. The third-order valence-electron chi connectivity index (χ3n) is 5.16. The van der Waals surface area contributed by atoms with Gasteiger partial charge < -0.3 is 10.2 Å². The van der Waals surface area contributed by atoms with E-state index < -0.39 is 10.0 Å². The van der Waals surface area contributed by atoms with Crippen LogP contribution in [-0.2, 0) is 14.8 Å². The Kier molecular flexibility index (Phi) is 7.00. The summed E-state index contributed by atoms with van der Waals surface area (Å²) in [6.07, 6.45) is 3.93. The maximum Gasteiger partial charge on any atom is 0.244 e. The minimum Gasteiger partial charge on any atom is -0.348 e. The van der Waals surface area contributed by atoms with E-state index in [1.54, 1.807) is 18.3 Å². The number of carbonyl (C=O) groups excluding carboxylic acids is 1. The van der Waals surface area contributed by atoms with Crippen LogP contribution in [0.25, 0.3) is 0 Å². The quantitative estimate of drug-likeness (QED) is 0.745. The molecule has 156 valence electrons. The predicted octanol–water partition coefficient (Wildman–Crippen LogP) is 1.90. The van der Waals surface area contributed by atoms with Crippen molar-refractivity contribution in [3.8, 4) is 0 Å². The van der Waals surface area contributed by atoms with Crippen LogP contribution in [0.15, 0.2) is 59.8 Å². The first-order valence-electron chi connectivity index (χ1n) is 9.78. The summed E-state index contributed by atoms with van der Waals surface area (Å²) in [7, 11) is 0.392. The molecule has 3 rings (SSSR count). The third-order valence-corrected chi connectivity index (χ3v) is 7.05. The van der Waals surface area contributed by atoms with Gasteiger partial charge in [-0.2, -0.15) is 4.31 Å². The zero-order valence-corrected chi connectivity index (χ0v) is 17.7. The van der Waals surface area contributed by atoms with Gasteiger partial charge >= 0.3 is 0 Å². The predicted molar refractivity (Wildman–Crippen MR) is 112 cm³/mol. The monoisotopic (exact) mass is 416 g/mol. The number of amides is 1. The number of nitrogens with one attached hydrogen (secondary N) is 1. The number of hydrogen-bond donors (Lipinski definition) is 1. The van der Waals surface area contributed by atoms with Gasteiger partial charge in [-0.05, 0) is 44.6 Å². The van der Waals surface area contributed by atoms with E-state index in [0.29, 0.717) is 32.5 Å². The molecule has 0 aliphatic carbocycles. The fourth-order valence-corrected chi connectivity index (χ4v) is 5.02. The van der Waals surface area contributed by atoms with Gasteiger partial charge in [-0.15, -0.1) is 0 Å². The average Bonchev–Trinajstić information content (AvgIpc) is 2.74. The van der Waals surface area contributed by atoms with Gasteiger partial charge in [0.2, 0.25) is 15.9 Å². The van der Waals surface area contributed by atoms with E-state index in [9.17, 15) is 13.2 Å². The minimum absolute atomic E-state index is 0.0147. The molecule has 1 fully saturated rings.